The van der Waals surface area contributed by atoms with E-state index in [1.807, 2.05) is 0 Å². The van der Waals surface area contributed by atoms with Crippen LogP contribution < -0.4 is 0 Å². The molecular weight excluding hydrogens is 283 g/mol. The van der Waals surface area contributed by atoms with Crippen LogP contribution in [0.15, 0.2) is 53.0 Å². The molecule has 0 amide bonds. The molecule has 0 bridgehead atoms. The van der Waals surface area contributed by atoms with Crippen molar-refractivity contribution in [1.82, 2.24) is 0 Å². The molecule has 0 nitrogen and oxygen atoms in total. The van der Waals surface area contributed by atoms with Gasteiger partial charge in [0.2, 0.25) is 0 Å². The van der Waals surface area contributed by atoms with Gasteiger partial charge in [-0.2, -0.15) is 0 Å². The highest BCUT2D eigenvalue weighted by atomic mass is 79.9. The van der Waals surface area contributed by atoms with Crippen LogP contribution in [0.1, 0.15) is 29.0 Å². The molecule has 2 atom stereocenters. The number of halogens is 1. The summed E-state index contributed by atoms with van der Waals surface area (Å²) in [7, 11) is 6.20. The average Bonchev–Trinajstić information content (AvgIpc) is 2.37. The SMILES string of the molecule is [B][C@H]1Cc2ccccc2[C@@H](c2cccc(Br)c2)C1. The van der Waals surface area contributed by atoms with Crippen molar-refractivity contribution < 1.29 is 0 Å². The number of benzene rings is 2. The van der Waals surface area contributed by atoms with Crippen LogP contribution in [-0.2, 0) is 6.42 Å². The van der Waals surface area contributed by atoms with Gasteiger partial charge in [-0.05, 0) is 41.7 Å². The molecule has 0 saturated heterocycles. The molecule has 2 radical (unpaired) electrons. The van der Waals surface area contributed by atoms with E-state index in [2.05, 4.69) is 64.5 Å². The Balaban J connectivity index is 2.07. The van der Waals surface area contributed by atoms with Gasteiger partial charge < -0.3 is 0 Å². The molecule has 0 heterocycles. The highest BCUT2D eigenvalue weighted by Gasteiger charge is 2.25. The summed E-state index contributed by atoms with van der Waals surface area (Å²) in [5.41, 5.74) is 4.20. The summed E-state index contributed by atoms with van der Waals surface area (Å²) in [6.07, 6.45) is 2.04. The van der Waals surface area contributed by atoms with Crippen LogP contribution in [-0.4, -0.2) is 7.85 Å². The molecule has 0 aliphatic heterocycles. The fourth-order valence-corrected chi connectivity index (χ4v) is 3.31. The molecule has 2 aromatic rings. The van der Waals surface area contributed by atoms with Gasteiger partial charge in [0.1, 0.15) is 0 Å². The van der Waals surface area contributed by atoms with E-state index in [4.69, 9.17) is 7.85 Å². The Morgan fingerprint density at radius 1 is 1.06 bits per heavy atom. The van der Waals surface area contributed by atoms with Crippen LogP contribution in [0.4, 0.5) is 0 Å². The highest BCUT2D eigenvalue weighted by Crippen LogP contribution is 2.40. The minimum Gasteiger partial charge on any atom is -0.0725 e. The topological polar surface area (TPSA) is 0 Å². The third kappa shape index (κ3) is 2.26. The fraction of sp³-hybridized carbons (Fsp3) is 0.250. The second-order valence-corrected chi connectivity index (χ2v) is 5.92. The molecule has 0 N–H and O–H groups in total. The van der Waals surface area contributed by atoms with E-state index in [1.54, 1.807) is 0 Å². The molecule has 88 valence electrons. The first-order chi connectivity index (χ1) is 8.74. The summed E-state index contributed by atoms with van der Waals surface area (Å²) in [6, 6.07) is 17.3. The molecule has 0 fully saturated rings. The Morgan fingerprint density at radius 2 is 1.89 bits per heavy atom. The molecule has 0 unspecified atom stereocenters. The normalized spacial score (nSPS) is 22.5. The third-order valence-corrected chi connectivity index (χ3v) is 4.20. The van der Waals surface area contributed by atoms with Crippen molar-refractivity contribution in [3.05, 3.63) is 69.7 Å². The van der Waals surface area contributed by atoms with Crippen molar-refractivity contribution in [1.29, 1.82) is 0 Å². The Hall–Kier alpha value is -1.02. The molecule has 18 heavy (non-hydrogen) atoms. The summed E-state index contributed by atoms with van der Waals surface area (Å²) in [4.78, 5) is 0. The average molecular weight is 297 g/mol. The summed E-state index contributed by atoms with van der Waals surface area (Å²) in [5.74, 6) is 0.700. The van der Waals surface area contributed by atoms with Crippen LogP contribution in [0.3, 0.4) is 0 Å². The number of fused-ring (bicyclic) bond motifs is 1. The van der Waals surface area contributed by atoms with Gasteiger partial charge in [-0.25, -0.2) is 0 Å². The van der Waals surface area contributed by atoms with Crippen molar-refractivity contribution >= 4 is 23.8 Å². The Morgan fingerprint density at radius 3 is 2.72 bits per heavy atom. The zero-order valence-electron chi connectivity index (χ0n) is 10.1. The lowest BCUT2D eigenvalue weighted by molar-refractivity contribution is 0.615. The number of hydrogen-bond acceptors (Lipinski definition) is 0. The third-order valence-electron chi connectivity index (χ3n) is 3.70. The lowest BCUT2D eigenvalue weighted by Gasteiger charge is -2.30. The first-order valence-corrected chi connectivity index (χ1v) is 7.12. The van der Waals surface area contributed by atoms with Gasteiger partial charge in [-0.15, -0.1) is 0 Å². The molecule has 0 aromatic heterocycles. The molecule has 0 saturated carbocycles. The van der Waals surface area contributed by atoms with Crippen molar-refractivity contribution in [3.63, 3.8) is 0 Å². The second-order valence-electron chi connectivity index (χ2n) is 5.01. The zero-order valence-corrected chi connectivity index (χ0v) is 11.7. The van der Waals surface area contributed by atoms with Crippen LogP contribution in [0.25, 0.3) is 0 Å². The van der Waals surface area contributed by atoms with E-state index in [0.717, 1.165) is 17.3 Å². The van der Waals surface area contributed by atoms with E-state index in [0.29, 0.717) is 5.92 Å². The molecule has 2 aromatic carbocycles. The molecule has 0 spiro atoms. The van der Waals surface area contributed by atoms with E-state index in [-0.39, 0.29) is 5.82 Å². The van der Waals surface area contributed by atoms with Crippen LogP contribution in [0.2, 0.25) is 5.82 Å². The minimum atomic E-state index is 0.267. The molecular formula is C16H14BBr. The van der Waals surface area contributed by atoms with E-state index in [1.165, 1.54) is 16.7 Å². The summed E-state index contributed by atoms with van der Waals surface area (Å²) < 4.78 is 1.14. The smallest absolute Gasteiger partial charge is 0.0704 e. The first-order valence-electron chi connectivity index (χ1n) is 6.33. The standard InChI is InChI=1S/C16H14BBr/c17-13-8-11-4-1-2-7-15(11)16(10-13)12-5-3-6-14(18)9-12/h1-7,9,13,16H,8,10H2/t13-,16+/m0/s1. The Bertz CT molecular complexity index is 565. The second kappa shape index (κ2) is 4.93. The van der Waals surface area contributed by atoms with Gasteiger partial charge in [0, 0.05) is 10.4 Å². The van der Waals surface area contributed by atoms with Gasteiger partial charge in [-0.1, -0.05) is 58.1 Å². The van der Waals surface area contributed by atoms with Gasteiger partial charge in [0.15, 0.2) is 0 Å². The maximum atomic E-state index is 6.20. The van der Waals surface area contributed by atoms with E-state index >= 15 is 0 Å². The summed E-state index contributed by atoms with van der Waals surface area (Å²) in [5, 5.41) is 0. The predicted molar refractivity (Wildman–Crippen MR) is 80.3 cm³/mol. The Labute approximate surface area is 118 Å². The first kappa shape index (κ1) is 12.0. The van der Waals surface area contributed by atoms with Crippen molar-refractivity contribution in [2.75, 3.05) is 0 Å². The predicted octanol–water partition coefficient (Wildman–Crippen LogP) is 4.48. The highest BCUT2D eigenvalue weighted by molar-refractivity contribution is 9.10. The van der Waals surface area contributed by atoms with Crippen molar-refractivity contribution in [2.24, 2.45) is 0 Å². The van der Waals surface area contributed by atoms with Crippen molar-refractivity contribution in [2.45, 2.75) is 24.6 Å². The lowest BCUT2D eigenvalue weighted by atomic mass is 9.67. The maximum Gasteiger partial charge on any atom is 0.0704 e. The van der Waals surface area contributed by atoms with Crippen LogP contribution in [0.5, 0.6) is 0 Å². The van der Waals surface area contributed by atoms with Crippen molar-refractivity contribution in [3.8, 4) is 0 Å². The fourth-order valence-electron chi connectivity index (χ4n) is 2.89. The van der Waals surface area contributed by atoms with Gasteiger partial charge in [-0.3, -0.25) is 0 Å². The van der Waals surface area contributed by atoms with E-state index < -0.39 is 0 Å². The number of hydrogen-bond donors (Lipinski definition) is 0. The molecule has 1 aliphatic rings. The van der Waals surface area contributed by atoms with Gasteiger partial charge in [0.05, 0.1) is 7.85 Å². The monoisotopic (exact) mass is 296 g/mol. The minimum absolute atomic E-state index is 0.267. The largest absolute Gasteiger partial charge is 0.0725 e. The molecule has 3 rings (SSSR count). The Kier molecular flexibility index (Phi) is 3.30. The van der Waals surface area contributed by atoms with E-state index in [9.17, 15) is 0 Å². The number of rotatable bonds is 1. The van der Waals surface area contributed by atoms with Gasteiger partial charge >= 0.3 is 0 Å². The van der Waals surface area contributed by atoms with Gasteiger partial charge in [0.25, 0.3) is 0 Å². The maximum absolute atomic E-state index is 6.20. The lowest BCUT2D eigenvalue weighted by Crippen LogP contribution is -2.16. The quantitative estimate of drug-likeness (QED) is 0.681. The van der Waals surface area contributed by atoms with Crippen LogP contribution in [0, 0.1) is 0 Å². The molecule has 1 aliphatic carbocycles. The summed E-state index contributed by atoms with van der Waals surface area (Å²) >= 11 is 3.55. The zero-order chi connectivity index (χ0) is 12.5. The summed E-state index contributed by atoms with van der Waals surface area (Å²) in [6.45, 7) is 0. The molecule has 2 heteroatoms. The van der Waals surface area contributed by atoms with Crippen LogP contribution >= 0.6 is 15.9 Å².